The predicted octanol–water partition coefficient (Wildman–Crippen LogP) is 2.56. The molecule has 2 rings (SSSR count). The number of hydrogen-bond donors (Lipinski definition) is 1. The highest BCUT2D eigenvalue weighted by Crippen LogP contribution is 2.17. The highest BCUT2D eigenvalue weighted by molar-refractivity contribution is 5.85. The van der Waals surface area contributed by atoms with Crippen LogP contribution in [0.15, 0.2) is 30.3 Å². The normalized spacial score (nSPS) is 18.2. The van der Waals surface area contributed by atoms with Crippen LogP contribution >= 0.6 is 12.4 Å². The van der Waals surface area contributed by atoms with Crippen LogP contribution in [0.4, 0.5) is 0 Å². The lowest BCUT2D eigenvalue weighted by atomic mass is 10.1. The quantitative estimate of drug-likeness (QED) is 0.908. The number of hydrogen-bond acceptors (Lipinski definition) is 3. The van der Waals surface area contributed by atoms with E-state index in [0.717, 1.165) is 25.9 Å². The molecule has 0 amide bonds. The second-order valence-corrected chi connectivity index (χ2v) is 5.05. The van der Waals surface area contributed by atoms with E-state index in [1.54, 1.807) is 6.92 Å². The number of ether oxygens (including phenoxy) is 1. The molecular weight excluding hydrogens is 278 g/mol. The number of carboxylic acids is 1. The molecule has 5 heteroatoms. The Morgan fingerprint density at radius 1 is 1.35 bits per heavy atom. The Morgan fingerprint density at radius 2 is 1.95 bits per heavy atom. The summed E-state index contributed by atoms with van der Waals surface area (Å²) in [4.78, 5) is 12.9. The maximum Gasteiger partial charge on any atom is 0.320 e. The molecule has 1 aromatic rings. The molecule has 0 saturated carbocycles. The van der Waals surface area contributed by atoms with Crippen molar-refractivity contribution in [3.05, 3.63) is 35.9 Å². The minimum Gasteiger partial charge on any atom is -0.480 e. The average Bonchev–Trinajstić information content (AvgIpc) is 2.46. The SMILES string of the molecule is CC(C(=O)O)N1CCC(OCc2ccccc2)CC1.Cl. The Labute approximate surface area is 126 Å². The third-order valence-electron chi connectivity index (χ3n) is 3.71. The van der Waals surface area contributed by atoms with E-state index < -0.39 is 12.0 Å². The second-order valence-electron chi connectivity index (χ2n) is 5.05. The van der Waals surface area contributed by atoms with Crippen molar-refractivity contribution in [1.29, 1.82) is 0 Å². The second kappa shape index (κ2) is 8.25. The molecule has 0 radical (unpaired) electrons. The first-order valence-corrected chi connectivity index (χ1v) is 6.79. The predicted molar refractivity (Wildman–Crippen MR) is 80.2 cm³/mol. The first-order chi connectivity index (χ1) is 9.16. The van der Waals surface area contributed by atoms with Crippen LogP contribution in [0.2, 0.25) is 0 Å². The molecule has 1 atom stereocenters. The molecule has 0 aliphatic carbocycles. The number of likely N-dealkylation sites (tertiary alicyclic amines) is 1. The van der Waals surface area contributed by atoms with E-state index in [1.165, 1.54) is 5.56 Å². The van der Waals surface area contributed by atoms with Crippen molar-refractivity contribution < 1.29 is 14.6 Å². The number of aliphatic carboxylic acids is 1. The minimum absolute atomic E-state index is 0. The maximum atomic E-state index is 10.9. The van der Waals surface area contributed by atoms with E-state index in [4.69, 9.17) is 9.84 Å². The third-order valence-corrected chi connectivity index (χ3v) is 3.71. The lowest BCUT2D eigenvalue weighted by Crippen LogP contribution is -2.45. The zero-order valence-corrected chi connectivity index (χ0v) is 12.5. The smallest absolute Gasteiger partial charge is 0.320 e. The summed E-state index contributed by atoms with van der Waals surface area (Å²) in [5.41, 5.74) is 1.18. The molecule has 1 aromatic carbocycles. The van der Waals surface area contributed by atoms with Crippen molar-refractivity contribution in [3.63, 3.8) is 0 Å². The Bertz CT molecular complexity index is 405. The molecule has 0 aromatic heterocycles. The summed E-state index contributed by atoms with van der Waals surface area (Å²) in [6.45, 7) is 3.98. The van der Waals surface area contributed by atoms with Crippen LogP contribution in [0.5, 0.6) is 0 Å². The van der Waals surface area contributed by atoms with Gasteiger partial charge in [0, 0.05) is 13.1 Å². The van der Waals surface area contributed by atoms with E-state index >= 15 is 0 Å². The van der Waals surface area contributed by atoms with Crippen LogP contribution in [0.3, 0.4) is 0 Å². The highest BCUT2D eigenvalue weighted by Gasteiger charge is 2.26. The van der Waals surface area contributed by atoms with Gasteiger partial charge in [0.1, 0.15) is 6.04 Å². The van der Waals surface area contributed by atoms with Crippen molar-refractivity contribution in [3.8, 4) is 0 Å². The Hall–Kier alpha value is -1.10. The van der Waals surface area contributed by atoms with Gasteiger partial charge in [0.05, 0.1) is 12.7 Å². The van der Waals surface area contributed by atoms with Crippen LogP contribution < -0.4 is 0 Å². The molecule has 0 bridgehead atoms. The van der Waals surface area contributed by atoms with Gasteiger partial charge in [-0.1, -0.05) is 30.3 Å². The van der Waals surface area contributed by atoms with Gasteiger partial charge in [-0.3, -0.25) is 9.69 Å². The maximum absolute atomic E-state index is 10.9. The number of nitrogens with zero attached hydrogens (tertiary/aromatic N) is 1. The van der Waals surface area contributed by atoms with Gasteiger partial charge in [0.2, 0.25) is 0 Å². The summed E-state index contributed by atoms with van der Waals surface area (Å²) in [7, 11) is 0. The van der Waals surface area contributed by atoms with Gasteiger partial charge < -0.3 is 9.84 Å². The number of piperidine rings is 1. The van der Waals surface area contributed by atoms with Gasteiger partial charge in [0.15, 0.2) is 0 Å². The van der Waals surface area contributed by atoms with Gasteiger partial charge in [-0.25, -0.2) is 0 Å². The van der Waals surface area contributed by atoms with Gasteiger partial charge in [0.25, 0.3) is 0 Å². The Balaban J connectivity index is 0.00000200. The van der Waals surface area contributed by atoms with Crippen molar-refractivity contribution in [2.45, 2.75) is 38.5 Å². The van der Waals surface area contributed by atoms with Crippen molar-refractivity contribution in [2.75, 3.05) is 13.1 Å². The van der Waals surface area contributed by atoms with Gasteiger partial charge in [-0.15, -0.1) is 12.4 Å². The lowest BCUT2D eigenvalue weighted by Gasteiger charge is -2.34. The average molecular weight is 300 g/mol. The fraction of sp³-hybridized carbons (Fsp3) is 0.533. The Morgan fingerprint density at radius 3 is 2.50 bits per heavy atom. The molecule has 0 spiro atoms. The molecule has 1 fully saturated rings. The number of carboxylic acid groups (broad SMARTS) is 1. The van der Waals surface area contributed by atoms with Gasteiger partial charge >= 0.3 is 5.97 Å². The summed E-state index contributed by atoms with van der Waals surface area (Å²) in [6, 6.07) is 9.74. The third kappa shape index (κ3) is 4.78. The van der Waals surface area contributed by atoms with E-state index in [-0.39, 0.29) is 18.5 Å². The molecule has 1 unspecified atom stereocenters. The highest BCUT2D eigenvalue weighted by atomic mass is 35.5. The van der Waals surface area contributed by atoms with Gasteiger partial charge in [-0.05, 0) is 25.3 Å². The van der Waals surface area contributed by atoms with Crippen LogP contribution in [0, 0.1) is 0 Å². The number of halogens is 1. The summed E-state index contributed by atoms with van der Waals surface area (Å²) < 4.78 is 5.88. The summed E-state index contributed by atoms with van der Waals surface area (Å²) in [5, 5.41) is 8.98. The summed E-state index contributed by atoms with van der Waals surface area (Å²) >= 11 is 0. The van der Waals surface area contributed by atoms with Gasteiger partial charge in [-0.2, -0.15) is 0 Å². The summed E-state index contributed by atoms with van der Waals surface area (Å²) in [6.07, 6.45) is 2.06. The number of rotatable bonds is 5. The molecule has 20 heavy (non-hydrogen) atoms. The number of carbonyl (C=O) groups is 1. The van der Waals surface area contributed by atoms with Crippen LogP contribution in [0.25, 0.3) is 0 Å². The zero-order valence-electron chi connectivity index (χ0n) is 11.7. The molecule has 1 aliphatic rings. The van der Waals surface area contributed by atoms with Crippen LogP contribution in [-0.2, 0) is 16.1 Å². The van der Waals surface area contributed by atoms with E-state index in [1.807, 2.05) is 23.1 Å². The molecule has 1 heterocycles. The molecule has 4 nitrogen and oxygen atoms in total. The van der Waals surface area contributed by atoms with Crippen molar-refractivity contribution in [1.82, 2.24) is 4.90 Å². The van der Waals surface area contributed by atoms with Crippen LogP contribution in [-0.4, -0.2) is 41.2 Å². The van der Waals surface area contributed by atoms with Crippen LogP contribution in [0.1, 0.15) is 25.3 Å². The molecule has 112 valence electrons. The molecule has 1 N–H and O–H groups in total. The van der Waals surface area contributed by atoms with E-state index in [2.05, 4.69) is 12.1 Å². The minimum atomic E-state index is -0.747. The topological polar surface area (TPSA) is 49.8 Å². The largest absolute Gasteiger partial charge is 0.480 e. The molecule has 1 saturated heterocycles. The fourth-order valence-electron chi connectivity index (χ4n) is 2.37. The van der Waals surface area contributed by atoms with Crippen molar-refractivity contribution in [2.24, 2.45) is 0 Å². The monoisotopic (exact) mass is 299 g/mol. The standard InChI is InChI=1S/C15H21NO3.ClH/c1-12(15(17)18)16-9-7-14(8-10-16)19-11-13-5-3-2-4-6-13;/h2-6,12,14H,7-11H2,1H3,(H,17,18);1H. The first kappa shape index (κ1) is 17.0. The van der Waals surface area contributed by atoms with E-state index in [0.29, 0.717) is 6.61 Å². The molecular formula is C15H22ClNO3. The summed E-state index contributed by atoms with van der Waals surface area (Å²) in [5.74, 6) is -0.747. The zero-order chi connectivity index (χ0) is 13.7. The van der Waals surface area contributed by atoms with E-state index in [9.17, 15) is 4.79 Å². The lowest BCUT2D eigenvalue weighted by molar-refractivity contribution is -0.143. The van der Waals surface area contributed by atoms with Crippen molar-refractivity contribution >= 4 is 18.4 Å². The number of benzene rings is 1. The fourth-order valence-corrected chi connectivity index (χ4v) is 2.37. The Kier molecular flexibility index (Phi) is 6.99. The molecule has 1 aliphatic heterocycles. The first-order valence-electron chi connectivity index (χ1n) is 6.79.